The highest BCUT2D eigenvalue weighted by Gasteiger charge is 2.42. The predicted octanol–water partition coefficient (Wildman–Crippen LogP) is 6.93. The van der Waals surface area contributed by atoms with Crippen molar-refractivity contribution >= 4 is 23.1 Å². The van der Waals surface area contributed by atoms with E-state index in [-0.39, 0.29) is 29.1 Å². The first kappa shape index (κ1) is 28.5. The fourth-order valence-corrected chi connectivity index (χ4v) is 5.89. The van der Waals surface area contributed by atoms with Crippen molar-refractivity contribution in [3.63, 3.8) is 0 Å². The second-order valence-electron chi connectivity index (χ2n) is 13.0. The SMILES string of the molecule is COc1ccc(CNC(=O)CN2c3ccccc3NC3=C(C(=O)CC(C)(C)C3)C2c2ccc(C(C)(C)C)cc2)cc1. The lowest BCUT2D eigenvalue weighted by Crippen LogP contribution is -2.41. The first-order chi connectivity index (χ1) is 19.4. The number of para-hydroxylation sites is 2. The van der Waals surface area contributed by atoms with E-state index in [2.05, 4.69) is 74.4 Å². The highest BCUT2D eigenvalue weighted by atomic mass is 16.5. The molecule has 2 aliphatic rings. The van der Waals surface area contributed by atoms with Crippen molar-refractivity contribution < 1.29 is 14.3 Å². The number of Topliss-reactive ketones (excluding diaryl/α,β-unsaturated/α-hetero) is 1. The summed E-state index contributed by atoms with van der Waals surface area (Å²) in [6.45, 7) is 11.4. The predicted molar refractivity (Wildman–Crippen MR) is 165 cm³/mol. The van der Waals surface area contributed by atoms with Gasteiger partial charge in [0, 0.05) is 24.2 Å². The topological polar surface area (TPSA) is 70.7 Å². The maximum Gasteiger partial charge on any atom is 0.239 e. The Morgan fingerprint density at radius 2 is 1.68 bits per heavy atom. The Bertz CT molecular complexity index is 1460. The smallest absolute Gasteiger partial charge is 0.239 e. The minimum Gasteiger partial charge on any atom is -0.497 e. The van der Waals surface area contributed by atoms with Gasteiger partial charge < -0.3 is 20.3 Å². The molecule has 0 bridgehead atoms. The van der Waals surface area contributed by atoms with E-state index in [0.717, 1.165) is 45.9 Å². The summed E-state index contributed by atoms with van der Waals surface area (Å²) in [5, 5.41) is 6.72. The number of rotatable bonds is 6. The fraction of sp³-hybridized carbons (Fsp3) is 0.371. The highest BCUT2D eigenvalue weighted by molar-refractivity contribution is 6.01. The molecule has 0 saturated heterocycles. The van der Waals surface area contributed by atoms with Crippen molar-refractivity contribution in [3.8, 4) is 5.75 Å². The average Bonchev–Trinajstić information content (AvgIpc) is 3.05. The molecule has 3 aromatic carbocycles. The van der Waals surface area contributed by atoms with E-state index in [0.29, 0.717) is 13.0 Å². The zero-order chi connectivity index (χ0) is 29.4. The van der Waals surface area contributed by atoms with Crippen LogP contribution >= 0.6 is 0 Å². The molecule has 0 saturated carbocycles. The summed E-state index contributed by atoms with van der Waals surface area (Å²) in [5.41, 5.74) is 6.58. The molecule has 5 rings (SSSR count). The van der Waals surface area contributed by atoms with Crippen LogP contribution in [0.3, 0.4) is 0 Å². The van der Waals surface area contributed by atoms with Gasteiger partial charge in [-0.1, -0.05) is 83.1 Å². The van der Waals surface area contributed by atoms with Crippen LogP contribution in [0.4, 0.5) is 11.4 Å². The molecule has 41 heavy (non-hydrogen) atoms. The van der Waals surface area contributed by atoms with Crippen LogP contribution in [-0.2, 0) is 21.5 Å². The summed E-state index contributed by atoms with van der Waals surface area (Å²) < 4.78 is 5.25. The Hall–Kier alpha value is -4.06. The third-order valence-corrected chi connectivity index (χ3v) is 8.06. The van der Waals surface area contributed by atoms with E-state index >= 15 is 0 Å². The number of amides is 1. The molecule has 1 aliphatic carbocycles. The number of allylic oxidation sites excluding steroid dienone is 1. The number of ketones is 1. The van der Waals surface area contributed by atoms with Gasteiger partial charge in [0.15, 0.2) is 5.78 Å². The first-order valence-electron chi connectivity index (χ1n) is 14.3. The molecule has 2 N–H and O–H groups in total. The number of methoxy groups -OCH3 is 1. The number of benzene rings is 3. The number of fused-ring (bicyclic) bond motifs is 1. The van der Waals surface area contributed by atoms with Crippen LogP contribution in [-0.4, -0.2) is 25.3 Å². The zero-order valence-corrected chi connectivity index (χ0v) is 25.0. The van der Waals surface area contributed by atoms with Gasteiger partial charge in [-0.05, 0) is 58.2 Å². The Labute approximate surface area is 243 Å². The monoisotopic (exact) mass is 551 g/mol. The number of carbonyl (C=O) groups is 2. The molecule has 0 aromatic heterocycles. The second kappa shape index (κ2) is 11.1. The van der Waals surface area contributed by atoms with E-state index in [9.17, 15) is 9.59 Å². The summed E-state index contributed by atoms with van der Waals surface area (Å²) in [7, 11) is 1.64. The Kier molecular flexibility index (Phi) is 7.69. The van der Waals surface area contributed by atoms with E-state index in [1.54, 1.807) is 7.11 Å². The second-order valence-corrected chi connectivity index (χ2v) is 13.0. The quantitative estimate of drug-likeness (QED) is 0.348. The van der Waals surface area contributed by atoms with Crippen molar-refractivity contribution in [1.82, 2.24) is 5.32 Å². The summed E-state index contributed by atoms with van der Waals surface area (Å²) in [5.74, 6) is 0.795. The number of ether oxygens (including phenoxy) is 1. The molecular formula is C35H41N3O3. The van der Waals surface area contributed by atoms with Gasteiger partial charge in [-0.15, -0.1) is 0 Å². The van der Waals surface area contributed by atoms with Gasteiger partial charge in [-0.25, -0.2) is 0 Å². The molecule has 214 valence electrons. The lowest BCUT2D eigenvalue weighted by Gasteiger charge is -2.38. The zero-order valence-electron chi connectivity index (χ0n) is 25.0. The van der Waals surface area contributed by atoms with Gasteiger partial charge in [-0.3, -0.25) is 9.59 Å². The van der Waals surface area contributed by atoms with Crippen molar-refractivity contribution in [2.45, 2.75) is 65.5 Å². The van der Waals surface area contributed by atoms with Gasteiger partial charge >= 0.3 is 0 Å². The number of nitrogens with one attached hydrogen (secondary N) is 2. The molecule has 0 spiro atoms. The summed E-state index contributed by atoms with van der Waals surface area (Å²) in [6, 6.07) is 23.9. The fourth-order valence-electron chi connectivity index (χ4n) is 5.89. The van der Waals surface area contributed by atoms with Crippen molar-refractivity contribution in [2.24, 2.45) is 5.41 Å². The van der Waals surface area contributed by atoms with Crippen LogP contribution in [0.2, 0.25) is 0 Å². The average molecular weight is 552 g/mol. The Balaban J connectivity index is 1.55. The van der Waals surface area contributed by atoms with Crippen LogP contribution < -0.4 is 20.3 Å². The van der Waals surface area contributed by atoms with Crippen LogP contribution in [0.5, 0.6) is 5.75 Å². The summed E-state index contributed by atoms with van der Waals surface area (Å²) >= 11 is 0. The maximum atomic E-state index is 13.9. The molecule has 1 unspecified atom stereocenters. The molecule has 3 aromatic rings. The third-order valence-electron chi connectivity index (χ3n) is 8.06. The van der Waals surface area contributed by atoms with Gasteiger partial charge in [-0.2, -0.15) is 0 Å². The number of nitrogens with zero attached hydrogens (tertiary/aromatic N) is 1. The number of carbonyl (C=O) groups excluding carboxylic acids is 2. The van der Waals surface area contributed by atoms with Crippen LogP contribution in [0.15, 0.2) is 84.1 Å². The van der Waals surface area contributed by atoms with Crippen molar-refractivity contribution in [1.29, 1.82) is 0 Å². The van der Waals surface area contributed by atoms with Gasteiger partial charge in [0.2, 0.25) is 5.91 Å². The Morgan fingerprint density at radius 1 is 1.00 bits per heavy atom. The van der Waals surface area contributed by atoms with E-state index < -0.39 is 6.04 Å². The number of hydrogen-bond acceptors (Lipinski definition) is 5. The normalized spacial score (nSPS) is 18.1. The van der Waals surface area contributed by atoms with Crippen LogP contribution in [0, 0.1) is 5.41 Å². The van der Waals surface area contributed by atoms with E-state index in [1.165, 1.54) is 5.56 Å². The van der Waals surface area contributed by atoms with Crippen LogP contribution in [0.25, 0.3) is 0 Å². The van der Waals surface area contributed by atoms with Crippen molar-refractivity contribution in [2.75, 3.05) is 23.9 Å². The van der Waals surface area contributed by atoms with E-state index in [4.69, 9.17) is 4.74 Å². The third kappa shape index (κ3) is 6.17. The molecule has 6 heteroatoms. The molecule has 0 radical (unpaired) electrons. The summed E-state index contributed by atoms with van der Waals surface area (Å²) in [6.07, 6.45) is 1.23. The molecule has 1 heterocycles. The lowest BCUT2D eigenvalue weighted by atomic mass is 9.73. The lowest BCUT2D eigenvalue weighted by molar-refractivity contribution is -0.120. The minimum absolute atomic E-state index is 0.00623. The highest BCUT2D eigenvalue weighted by Crippen LogP contribution is 2.48. The van der Waals surface area contributed by atoms with Gasteiger partial charge in [0.05, 0.1) is 31.1 Å². The van der Waals surface area contributed by atoms with Gasteiger partial charge in [0.25, 0.3) is 0 Å². The Morgan fingerprint density at radius 3 is 2.34 bits per heavy atom. The molecule has 0 fully saturated rings. The maximum absolute atomic E-state index is 13.9. The molecule has 1 atom stereocenters. The first-order valence-corrected chi connectivity index (χ1v) is 14.3. The van der Waals surface area contributed by atoms with Crippen LogP contribution in [0.1, 0.15) is 70.2 Å². The standard InChI is InChI=1S/C35H41N3O3/c1-34(2,3)25-15-13-24(14-16-25)33-32-28(19-35(4,5)20-30(32)39)37-27-9-7-8-10-29(27)38(33)22-31(40)36-21-23-11-17-26(41-6)18-12-23/h7-18,33,37H,19-22H2,1-6H3,(H,36,40). The molecule has 1 aliphatic heterocycles. The van der Waals surface area contributed by atoms with Crippen molar-refractivity contribution in [3.05, 3.63) is 101 Å². The minimum atomic E-state index is -0.398. The number of hydrogen-bond donors (Lipinski definition) is 2. The van der Waals surface area contributed by atoms with E-state index in [1.807, 2.05) is 48.5 Å². The molecule has 6 nitrogen and oxygen atoms in total. The van der Waals surface area contributed by atoms with Gasteiger partial charge in [0.1, 0.15) is 5.75 Å². The number of anilines is 2. The molecular weight excluding hydrogens is 510 g/mol. The summed E-state index contributed by atoms with van der Waals surface area (Å²) in [4.78, 5) is 29.5. The largest absolute Gasteiger partial charge is 0.497 e. The molecule has 1 amide bonds.